The van der Waals surface area contributed by atoms with Crippen molar-refractivity contribution in [1.29, 1.82) is 0 Å². The summed E-state index contributed by atoms with van der Waals surface area (Å²) in [5.41, 5.74) is 1.43. The molecule has 1 aromatic heterocycles. The Hall–Kier alpha value is -1.84. The molecule has 0 aliphatic carbocycles. The van der Waals surface area contributed by atoms with Gasteiger partial charge in [0.15, 0.2) is 6.33 Å². The summed E-state index contributed by atoms with van der Waals surface area (Å²) in [5.74, 6) is 0. The van der Waals surface area contributed by atoms with Crippen LogP contribution in [-0.4, -0.2) is 22.8 Å². The van der Waals surface area contributed by atoms with Gasteiger partial charge in [-0.3, -0.25) is 0 Å². The van der Waals surface area contributed by atoms with Gasteiger partial charge >= 0.3 is 6.09 Å². The largest absolute Gasteiger partial charge is 0.452 e. The monoisotopic (exact) mass is 175 g/mol. The maximum absolute atomic E-state index is 11.2. The van der Waals surface area contributed by atoms with E-state index in [4.69, 9.17) is 0 Å². The first-order valence-electron chi connectivity index (χ1n) is 3.76. The van der Waals surface area contributed by atoms with Crippen LogP contribution in [0.1, 0.15) is 0 Å². The molecule has 13 heavy (non-hydrogen) atoms. The molecule has 2 aromatic rings. The molecule has 1 heterocycles. The van der Waals surface area contributed by atoms with Crippen molar-refractivity contribution in [3.63, 3.8) is 0 Å². The van der Waals surface area contributed by atoms with Crippen molar-refractivity contribution in [2.75, 3.05) is 7.11 Å². The van der Waals surface area contributed by atoms with Gasteiger partial charge in [0, 0.05) is 0 Å². The molecule has 1 aromatic carbocycles. The Morgan fingerprint density at radius 2 is 2.31 bits per heavy atom. The highest BCUT2D eigenvalue weighted by Crippen LogP contribution is 2.10. The third-order valence-electron chi connectivity index (χ3n) is 1.75. The number of ether oxygens (including phenoxy) is 1. The predicted octanol–water partition coefficient (Wildman–Crippen LogP) is 1.45. The zero-order valence-corrected chi connectivity index (χ0v) is 7.02. The van der Waals surface area contributed by atoms with Crippen LogP contribution in [0, 0.1) is 6.33 Å². The van der Waals surface area contributed by atoms with Crippen molar-refractivity contribution in [3.8, 4) is 0 Å². The molecule has 0 atom stereocenters. The summed E-state index contributed by atoms with van der Waals surface area (Å²) in [7, 11) is 1.32. The van der Waals surface area contributed by atoms with Gasteiger partial charge < -0.3 is 4.74 Å². The summed E-state index contributed by atoms with van der Waals surface area (Å²) in [4.78, 5) is 15.1. The normalized spacial score (nSPS) is 10.2. The molecule has 4 nitrogen and oxygen atoms in total. The molecule has 0 amide bonds. The van der Waals surface area contributed by atoms with Crippen LogP contribution in [0.5, 0.6) is 0 Å². The quantitative estimate of drug-likeness (QED) is 0.608. The lowest BCUT2D eigenvalue weighted by molar-refractivity contribution is 0.173. The molecular weight excluding hydrogens is 168 g/mol. The molecule has 0 saturated heterocycles. The minimum atomic E-state index is -0.478. The number of methoxy groups -OCH3 is 1. The number of para-hydroxylation sites is 2. The summed E-state index contributed by atoms with van der Waals surface area (Å²) in [6, 6.07) is 7.28. The van der Waals surface area contributed by atoms with Gasteiger partial charge in [-0.15, -0.1) is 0 Å². The van der Waals surface area contributed by atoms with Gasteiger partial charge in [-0.2, -0.15) is 0 Å². The second kappa shape index (κ2) is 2.90. The van der Waals surface area contributed by atoms with E-state index in [2.05, 4.69) is 16.0 Å². The molecule has 2 rings (SSSR count). The number of hydrogen-bond acceptors (Lipinski definition) is 3. The summed E-state index contributed by atoms with van der Waals surface area (Å²) < 4.78 is 5.80. The number of imidazole rings is 1. The van der Waals surface area contributed by atoms with E-state index < -0.39 is 6.09 Å². The highest BCUT2D eigenvalue weighted by molar-refractivity contribution is 5.85. The summed E-state index contributed by atoms with van der Waals surface area (Å²) >= 11 is 0. The van der Waals surface area contributed by atoms with Gasteiger partial charge in [0.1, 0.15) is 0 Å². The number of carbonyl (C=O) groups excluding carboxylic acids is 1. The minimum absolute atomic E-state index is 0.478. The Labute approximate surface area is 74.8 Å². The van der Waals surface area contributed by atoms with Gasteiger partial charge in [-0.1, -0.05) is 12.1 Å². The lowest BCUT2D eigenvalue weighted by Crippen LogP contribution is -2.09. The fourth-order valence-corrected chi connectivity index (χ4v) is 1.14. The SMILES string of the molecule is COC(=O)n1[c]nc2ccccc21. The fourth-order valence-electron chi connectivity index (χ4n) is 1.14. The first-order chi connectivity index (χ1) is 6.33. The summed E-state index contributed by atoms with van der Waals surface area (Å²) in [6.45, 7) is 0. The average Bonchev–Trinajstić information content (AvgIpc) is 2.60. The number of carbonyl (C=O) groups is 1. The van der Waals surface area contributed by atoms with Gasteiger partial charge in [-0.25, -0.2) is 14.3 Å². The number of rotatable bonds is 0. The second-order valence-electron chi connectivity index (χ2n) is 2.51. The van der Waals surface area contributed by atoms with Crippen LogP contribution in [0.25, 0.3) is 11.0 Å². The highest BCUT2D eigenvalue weighted by atomic mass is 16.5. The van der Waals surface area contributed by atoms with Gasteiger partial charge in [0.25, 0.3) is 0 Å². The van der Waals surface area contributed by atoms with Crippen molar-refractivity contribution in [2.45, 2.75) is 0 Å². The molecule has 0 spiro atoms. The van der Waals surface area contributed by atoms with Crippen molar-refractivity contribution in [3.05, 3.63) is 30.6 Å². The van der Waals surface area contributed by atoms with E-state index in [0.29, 0.717) is 5.52 Å². The standard InChI is InChI=1S/C9H7N2O2/c1-13-9(12)11-6-10-7-4-2-3-5-8(7)11/h2-5H,1H3. The van der Waals surface area contributed by atoms with Crippen LogP contribution >= 0.6 is 0 Å². The average molecular weight is 175 g/mol. The summed E-state index contributed by atoms with van der Waals surface area (Å²) in [6.07, 6.45) is 2.08. The van der Waals surface area contributed by atoms with E-state index in [-0.39, 0.29) is 0 Å². The number of fused-ring (bicyclic) bond motifs is 1. The van der Waals surface area contributed by atoms with Crippen molar-refractivity contribution in [1.82, 2.24) is 9.55 Å². The molecule has 65 valence electrons. The smallest absolute Gasteiger partial charge is 0.420 e. The third kappa shape index (κ3) is 1.16. The summed E-state index contributed by atoms with van der Waals surface area (Å²) in [5, 5.41) is 0. The van der Waals surface area contributed by atoms with Gasteiger partial charge in [-0.05, 0) is 12.1 Å². The third-order valence-corrected chi connectivity index (χ3v) is 1.75. The number of benzene rings is 1. The van der Waals surface area contributed by atoms with Crippen LogP contribution in [0.4, 0.5) is 4.79 Å². The van der Waals surface area contributed by atoms with Gasteiger partial charge in [0.05, 0.1) is 18.1 Å². The van der Waals surface area contributed by atoms with Crippen LogP contribution in [0.15, 0.2) is 24.3 Å². The van der Waals surface area contributed by atoms with Crippen LogP contribution < -0.4 is 0 Å². The molecular formula is C9H7N2O2. The molecule has 0 aliphatic rings. The van der Waals surface area contributed by atoms with Crippen LogP contribution in [0.3, 0.4) is 0 Å². The topological polar surface area (TPSA) is 44.1 Å². The van der Waals surface area contributed by atoms with Crippen LogP contribution in [0.2, 0.25) is 0 Å². The maximum atomic E-state index is 11.2. The molecule has 0 N–H and O–H groups in total. The number of nitrogens with zero attached hydrogens (tertiary/aromatic N) is 2. The van der Waals surface area contributed by atoms with Crippen LogP contribution in [-0.2, 0) is 4.74 Å². The Morgan fingerprint density at radius 3 is 3.08 bits per heavy atom. The highest BCUT2D eigenvalue weighted by Gasteiger charge is 2.08. The predicted molar refractivity (Wildman–Crippen MR) is 46.4 cm³/mol. The van der Waals surface area contributed by atoms with E-state index in [1.807, 2.05) is 18.2 Å². The van der Waals surface area contributed by atoms with E-state index >= 15 is 0 Å². The lowest BCUT2D eigenvalue weighted by atomic mass is 10.3. The van der Waals surface area contributed by atoms with E-state index in [0.717, 1.165) is 5.52 Å². The van der Waals surface area contributed by atoms with E-state index in [1.165, 1.54) is 11.7 Å². The first-order valence-corrected chi connectivity index (χ1v) is 3.76. The number of aromatic nitrogens is 2. The minimum Gasteiger partial charge on any atom is -0.452 e. The maximum Gasteiger partial charge on any atom is 0.420 e. The Kier molecular flexibility index (Phi) is 1.73. The van der Waals surface area contributed by atoms with E-state index in [9.17, 15) is 4.79 Å². The van der Waals surface area contributed by atoms with E-state index in [1.54, 1.807) is 6.07 Å². The van der Waals surface area contributed by atoms with Crippen molar-refractivity contribution < 1.29 is 9.53 Å². The Morgan fingerprint density at radius 1 is 1.54 bits per heavy atom. The molecule has 1 radical (unpaired) electrons. The zero-order valence-electron chi connectivity index (χ0n) is 7.02. The first kappa shape index (κ1) is 7.79. The molecule has 0 bridgehead atoms. The lowest BCUT2D eigenvalue weighted by Gasteiger charge is -1.98. The number of hydrogen-bond donors (Lipinski definition) is 0. The van der Waals surface area contributed by atoms with Gasteiger partial charge in [0.2, 0.25) is 0 Å². The van der Waals surface area contributed by atoms with Crippen molar-refractivity contribution in [2.24, 2.45) is 0 Å². The zero-order chi connectivity index (χ0) is 9.26. The molecule has 0 aliphatic heterocycles. The molecule has 0 fully saturated rings. The Bertz CT molecular complexity index is 448. The Balaban J connectivity index is 2.64. The second-order valence-corrected chi connectivity index (χ2v) is 2.51. The van der Waals surface area contributed by atoms with Crippen molar-refractivity contribution >= 4 is 17.1 Å². The molecule has 0 unspecified atom stereocenters. The molecule has 4 heteroatoms. The fraction of sp³-hybridized carbons (Fsp3) is 0.111. The molecule has 0 saturated carbocycles.